The summed E-state index contributed by atoms with van der Waals surface area (Å²) in [5.74, 6) is 1.20. The van der Waals surface area contributed by atoms with E-state index in [1.807, 2.05) is 56.3 Å². The number of hydrogen-bond acceptors (Lipinski definition) is 6. The van der Waals surface area contributed by atoms with Crippen molar-refractivity contribution in [2.45, 2.75) is 20.0 Å². The summed E-state index contributed by atoms with van der Waals surface area (Å²) >= 11 is 0. The van der Waals surface area contributed by atoms with Crippen LogP contribution < -0.4 is 20.1 Å². The summed E-state index contributed by atoms with van der Waals surface area (Å²) in [6.07, 6.45) is 1.52. The Kier molecular flexibility index (Phi) is 6.06. The van der Waals surface area contributed by atoms with Gasteiger partial charge in [0.15, 0.2) is 0 Å². The van der Waals surface area contributed by atoms with E-state index >= 15 is 0 Å². The Bertz CT molecular complexity index is 960. The highest BCUT2D eigenvalue weighted by Crippen LogP contribution is 2.27. The largest absolute Gasteiger partial charge is 0.495 e. The number of anilines is 3. The average molecular weight is 378 g/mol. The topological polar surface area (TPSA) is 85.4 Å². The molecule has 0 fully saturated rings. The second kappa shape index (κ2) is 8.85. The molecule has 0 bridgehead atoms. The fourth-order valence-corrected chi connectivity index (χ4v) is 2.53. The van der Waals surface area contributed by atoms with Crippen molar-refractivity contribution in [1.29, 1.82) is 0 Å². The van der Waals surface area contributed by atoms with E-state index in [2.05, 4.69) is 20.6 Å². The number of aromatic nitrogens is 2. The van der Waals surface area contributed by atoms with Gasteiger partial charge in [-0.2, -0.15) is 0 Å². The summed E-state index contributed by atoms with van der Waals surface area (Å²) in [4.78, 5) is 21.1. The minimum Gasteiger partial charge on any atom is -0.495 e. The Hall–Kier alpha value is -3.61. The molecule has 3 aromatic rings. The number of para-hydroxylation sites is 4. The van der Waals surface area contributed by atoms with Crippen LogP contribution in [0.5, 0.6) is 11.5 Å². The van der Waals surface area contributed by atoms with E-state index in [0.717, 1.165) is 0 Å². The predicted molar refractivity (Wildman–Crippen MR) is 108 cm³/mol. The number of nitrogens with one attached hydrogen (secondary N) is 2. The maximum atomic E-state index is 12.7. The molecule has 1 aromatic heterocycles. The van der Waals surface area contributed by atoms with Gasteiger partial charge in [-0.05, 0) is 44.2 Å². The van der Waals surface area contributed by atoms with Gasteiger partial charge in [0.25, 0.3) is 5.91 Å². The van der Waals surface area contributed by atoms with E-state index in [1.54, 1.807) is 19.2 Å². The third kappa shape index (κ3) is 4.76. The number of benzene rings is 2. The molecule has 28 heavy (non-hydrogen) atoms. The monoisotopic (exact) mass is 378 g/mol. The minimum atomic E-state index is -0.356. The van der Waals surface area contributed by atoms with Crippen molar-refractivity contribution in [3.8, 4) is 11.5 Å². The van der Waals surface area contributed by atoms with Crippen LogP contribution in [-0.2, 0) is 0 Å². The molecular formula is C21H22N4O3. The fourth-order valence-electron chi connectivity index (χ4n) is 2.53. The van der Waals surface area contributed by atoms with E-state index in [-0.39, 0.29) is 17.7 Å². The van der Waals surface area contributed by atoms with Crippen molar-refractivity contribution >= 4 is 23.2 Å². The second-order valence-electron chi connectivity index (χ2n) is 6.21. The quantitative estimate of drug-likeness (QED) is 0.639. The number of ether oxygens (including phenoxy) is 2. The van der Waals surface area contributed by atoms with Crippen LogP contribution in [0.3, 0.4) is 0 Å². The van der Waals surface area contributed by atoms with Gasteiger partial charge in [0.05, 0.1) is 24.6 Å². The zero-order valence-corrected chi connectivity index (χ0v) is 16.0. The van der Waals surface area contributed by atoms with Gasteiger partial charge in [-0.25, -0.2) is 9.97 Å². The molecule has 0 aliphatic carbocycles. The Morgan fingerprint density at radius 3 is 2.36 bits per heavy atom. The Morgan fingerprint density at radius 1 is 0.964 bits per heavy atom. The van der Waals surface area contributed by atoms with Crippen molar-refractivity contribution < 1.29 is 14.3 Å². The third-order valence-corrected chi connectivity index (χ3v) is 3.74. The molecule has 7 nitrogen and oxygen atoms in total. The lowest BCUT2D eigenvalue weighted by atomic mass is 10.2. The Morgan fingerprint density at radius 2 is 1.64 bits per heavy atom. The molecule has 0 aliphatic rings. The van der Waals surface area contributed by atoms with E-state index in [1.165, 1.54) is 6.20 Å². The number of rotatable bonds is 7. The Balaban J connectivity index is 1.78. The van der Waals surface area contributed by atoms with E-state index in [9.17, 15) is 4.79 Å². The first-order chi connectivity index (χ1) is 13.6. The van der Waals surface area contributed by atoms with Crippen LogP contribution in [0, 0.1) is 0 Å². The molecule has 0 saturated heterocycles. The molecule has 0 saturated carbocycles. The highest BCUT2D eigenvalue weighted by Gasteiger charge is 2.13. The molecule has 144 valence electrons. The summed E-state index contributed by atoms with van der Waals surface area (Å²) in [7, 11) is 1.59. The lowest BCUT2D eigenvalue weighted by Crippen LogP contribution is -2.16. The summed E-state index contributed by atoms with van der Waals surface area (Å²) < 4.78 is 11.0. The smallest absolute Gasteiger partial charge is 0.274 e. The summed E-state index contributed by atoms with van der Waals surface area (Å²) in [5, 5.41) is 5.91. The first-order valence-corrected chi connectivity index (χ1v) is 8.87. The molecule has 1 heterocycles. The van der Waals surface area contributed by atoms with Crippen molar-refractivity contribution in [3.05, 3.63) is 66.5 Å². The first kappa shape index (κ1) is 19.2. The SMILES string of the molecule is COc1ccccc1Nc1nccc(C(=O)Nc2ccccc2OC(C)C)n1. The predicted octanol–water partition coefficient (Wildman–Crippen LogP) is 4.27. The standard InChI is InChI=1S/C21H22N4O3/c1-14(2)28-19-11-7-5-9-16(19)23-20(26)17-12-13-22-21(25-17)24-15-8-4-6-10-18(15)27-3/h4-14H,1-3H3,(H,23,26)(H,22,24,25). The molecule has 1 amide bonds. The molecule has 2 N–H and O–H groups in total. The van der Waals surface area contributed by atoms with Crippen molar-refractivity contribution in [2.75, 3.05) is 17.7 Å². The maximum Gasteiger partial charge on any atom is 0.274 e. The zero-order chi connectivity index (χ0) is 19.9. The summed E-state index contributed by atoms with van der Waals surface area (Å²) in [5.41, 5.74) is 1.52. The van der Waals surface area contributed by atoms with E-state index in [4.69, 9.17) is 9.47 Å². The summed E-state index contributed by atoms with van der Waals surface area (Å²) in [6, 6.07) is 16.2. The number of methoxy groups -OCH3 is 1. The molecule has 0 aliphatic heterocycles. The van der Waals surface area contributed by atoms with Gasteiger partial charge in [-0.1, -0.05) is 24.3 Å². The average Bonchev–Trinajstić information content (AvgIpc) is 2.70. The molecule has 0 spiro atoms. The number of hydrogen-bond donors (Lipinski definition) is 2. The number of carbonyl (C=O) groups excluding carboxylic acids is 1. The maximum absolute atomic E-state index is 12.7. The molecule has 3 rings (SSSR count). The van der Waals surface area contributed by atoms with Crippen LogP contribution in [0.25, 0.3) is 0 Å². The number of nitrogens with zero attached hydrogens (tertiary/aromatic N) is 2. The molecular weight excluding hydrogens is 356 g/mol. The van der Waals surface area contributed by atoms with Crippen molar-refractivity contribution in [1.82, 2.24) is 9.97 Å². The minimum absolute atomic E-state index is 0.00578. The molecule has 0 unspecified atom stereocenters. The molecule has 2 aromatic carbocycles. The highest BCUT2D eigenvalue weighted by molar-refractivity contribution is 6.03. The van der Waals surface area contributed by atoms with Crippen LogP contribution in [0.4, 0.5) is 17.3 Å². The Labute approximate surface area is 163 Å². The van der Waals surface area contributed by atoms with E-state index < -0.39 is 0 Å². The van der Waals surface area contributed by atoms with Crippen LogP contribution in [-0.4, -0.2) is 29.1 Å². The number of carbonyl (C=O) groups is 1. The van der Waals surface area contributed by atoms with Crippen molar-refractivity contribution in [2.24, 2.45) is 0 Å². The van der Waals surface area contributed by atoms with Crippen molar-refractivity contribution in [3.63, 3.8) is 0 Å². The van der Waals surface area contributed by atoms with Crippen LogP contribution >= 0.6 is 0 Å². The van der Waals surface area contributed by atoms with Crippen LogP contribution in [0.2, 0.25) is 0 Å². The van der Waals surface area contributed by atoms with Gasteiger partial charge in [-0.15, -0.1) is 0 Å². The zero-order valence-electron chi connectivity index (χ0n) is 16.0. The third-order valence-electron chi connectivity index (χ3n) is 3.74. The van der Waals surface area contributed by atoms with E-state index in [0.29, 0.717) is 28.8 Å². The lowest BCUT2D eigenvalue weighted by molar-refractivity contribution is 0.102. The van der Waals surface area contributed by atoms with Gasteiger partial charge < -0.3 is 20.1 Å². The normalized spacial score (nSPS) is 10.4. The molecule has 7 heteroatoms. The fraction of sp³-hybridized carbons (Fsp3) is 0.190. The molecule has 0 radical (unpaired) electrons. The van der Waals surface area contributed by atoms with Gasteiger partial charge in [0.2, 0.25) is 5.95 Å². The van der Waals surface area contributed by atoms with Gasteiger partial charge in [-0.3, -0.25) is 4.79 Å². The van der Waals surface area contributed by atoms with Gasteiger partial charge in [0, 0.05) is 6.20 Å². The number of amides is 1. The van der Waals surface area contributed by atoms with Gasteiger partial charge >= 0.3 is 0 Å². The highest BCUT2D eigenvalue weighted by atomic mass is 16.5. The lowest BCUT2D eigenvalue weighted by Gasteiger charge is -2.15. The van der Waals surface area contributed by atoms with Crippen LogP contribution in [0.15, 0.2) is 60.8 Å². The van der Waals surface area contributed by atoms with Crippen LogP contribution in [0.1, 0.15) is 24.3 Å². The second-order valence-corrected chi connectivity index (χ2v) is 6.21. The molecule has 0 atom stereocenters. The first-order valence-electron chi connectivity index (χ1n) is 8.87. The van der Waals surface area contributed by atoms with Gasteiger partial charge in [0.1, 0.15) is 17.2 Å². The summed E-state index contributed by atoms with van der Waals surface area (Å²) in [6.45, 7) is 3.86.